The second-order valence-electron chi connectivity index (χ2n) is 6.21. The van der Waals surface area contributed by atoms with Crippen molar-refractivity contribution in [2.75, 3.05) is 6.54 Å². The number of halogens is 1. The van der Waals surface area contributed by atoms with Gasteiger partial charge in [0.15, 0.2) is 0 Å². The predicted molar refractivity (Wildman–Crippen MR) is 94.0 cm³/mol. The summed E-state index contributed by atoms with van der Waals surface area (Å²) < 4.78 is 0.835. The van der Waals surface area contributed by atoms with Gasteiger partial charge in [-0.3, -0.25) is 9.63 Å². The van der Waals surface area contributed by atoms with Crippen LogP contribution in [-0.2, 0) is 11.3 Å². The molecule has 1 aromatic heterocycles. The molecule has 1 aromatic carbocycles. The number of pyridine rings is 1. The molecule has 0 spiro atoms. The first-order valence-electron chi connectivity index (χ1n) is 7.52. The fraction of sp³-hybridized carbons (Fsp3) is 0.333. The highest BCUT2D eigenvalue weighted by atomic mass is 79.9. The second-order valence-corrected chi connectivity index (χ2v) is 7.12. The summed E-state index contributed by atoms with van der Waals surface area (Å²) in [5.41, 5.74) is 1.07. The van der Waals surface area contributed by atoms with Gasteiger partial charge in [0.2, 0.25) is 0 Å². The van der Waals surface area contributed by atoms with Gasteiger partial charge in [-0.1, -0.05) is 30.3 Å². The largest absolute Gasteiger partial charge is 0.296 e. The van der Waals surface area contributed by atoms with Gasteiger partial charge in [0, 0.05) is 10.7 Å². The molecule has 23 heavy (non-hydrogen) atoms. The van der Waals surface area contributed by atoms with Gasteiger partial charge >= 0.3 is 0 Å². The number of nitrogens with zero attached hydrogens (tertiary/aromatic N) is 2. The van der Waals surface area contributed by atoms with E-state index >= 15 is 0 Å². The Morgan fingerprint density at radius 2 is 1.87 bits per heavy atom. The Labute approximate surface area is 145 Å². The Morgan fingerprint density at radius 1 is 1.17 bits per heavy atom. The van der Waals surface area contributed by atoms with Crippen LogP contribution in [0.25, 0.3) is 0 Å². The SMILES string of the molecule is CC(C)(C)ON(CCc1ccccc1)C(=O)c1ccc(Br)cn1. The van der Waals surface area contributed by atoms with Crippen molar-refractivity contribution < 1.29 is 9.63 Å². The van der Waals surface area contributed by atoms with Crippen molar-refractivity contribution in [3.63, 3.8) is 0 Å². The van der Waals surface area contributed by atoms with Crippen LogP contribution >= 0.6 is 15.9 Å². The summed E-state index contributed by atoms with van der Waals surface area (Å²) in [4.78, 5) is 22.7. The molecule has 0 aliphatic rings. The van der Waals surface area contributed by atoms with Crippen LogP contribution in [0.2, 0.25) is 0 Å². The summed E-state index contributed by atoms with van der Waals surface area (Å²) in [6.45, 7) is 6.23. The van der Waals surface area contributed by atoms with Crippen molar-refractivity contribution >= 4 is 21.8 Å². The number of hydrogen-bond donors (Lipinski definition) is 0. The normalized spacial score (nSPS) is 11.3. The van der Waals surface area contributed by atoms with E-state index in [2.05, 4.69) is 20.9 Å². The summed E-state index contributed by atoms with van der Waals surface area (Å²) in [6.07, 6.45) is 2.33. The second kappa shape index (κ2) is 7.70. The van der Waals surface area contributed by atoms with Crippen molar-refractivity contribution in [1.29, 1.82) is 0 Å². The minimum atomic E-state index is -0.457. The number of hydroxylamine groups is 2. The van der Waals surface area contributed by atoms with Crippen molar-refractivity contribution in [3.8, 4) is 0 Å². The lowest BCUT2D eigenvalue weighted by atomic mass is 10.1. The topological polar surface area (TPSA) is 42.4 Å². The molecule has 0 unspecified atom stereocenters. The molecule has 0 aliphatic carbocycles. The van der Waals surface area contributed by atoms with Crippen LogP contribution in [0.3, 0.4) is 0 Å². The van der Waals surface area contributed by atoms with E-state index < -0.39 is 5.60 Å². The van der Waals surface area contributed by atoms with E-state index in [9.17, 15) is 4.79 Å². The van der Waals surface area contributed by atoms with Gasteiger partial charge in [-0.2, -0.15) is 0 Å². The van der Waals surface area contributed by atoms with Crippen molar-refractivity contribution in [2.45, 2.75) is 32.8 Å². The maximum atomic E-state index is 12.7. The molecular formula is C18H21BrN2O2. The van der Waals surface area contributed by atoms with Crippen LogP contribution in [0.4, 0.5) is 0 Å². The summed E-state index contributed by atoms with van der Waals surface area (Å²) in [7, 11) is 0. The number of carbonyl (C=O) groups is 1. The molecule has 0 fully saturated rings. The van der Waals surface area contributed by atoms with Crippen LogP contribution in [0.1, 0.15) is 36.8 Å². The molecule has 122 valence electrons. The van der Waals surface area contributed by atoms with Crippen LogP contribution < -0.4 is 0 Å². The van der Waals surface area contributed by atoms with E-state index in [-0.39, 0.29) is 5.91 Å². The molecule has 0 N–H and O–H groups in total. The molecule has 0 atom stereocenters. The number of aromatic nitrogens is 1. The van der Waals surface area contributed by atoms with Crippen molar-refractivity contribution in [3.05, 3.63) is 64.4 Å². The van der Waals surface area contributed by atoms with E-state index in [1.54, 1.807) is 18.3 Å². The predicted octanol–water partition coefficient (Wildman–Crippen LogP) is 4.26. The minimum Gasteiger partial charge on any atom is -0.265 e. The first kappa shape index (κ1) is 17.6. The molecule has 0 radical (unpaired) electrons. The third kappa shape index (κ3) is 5.77. The third-order valence-electron chi connectivity index (χ3n) is 3.00. The molecule has 0 bridgehead atoms. The highest BCUT2D eigenvalue weighted by Crippen LogP contribution is 2.15. The summed E-state index contributed by atoms with van der Waals surface area (Å²) >= 11 is 3.32. The van der Waals surface area contributed by atoms with Crippen LogP contribution in [0.5, 0.6) is 0 Å². The molecule has 2 aromatic rings. The number of amides is 1. The van der Waals surface area contributed by atoms with Crippen molar-refractivity contribution in [2.24, 2.45) is 0 Å². The number of benzene rings is 1. The van der Waals surface area contributed by atoms with Gasteiger partial charge in [-0.25, -0.2) is 10.0 Å². The maximum absolute atomic E-state index is 12.7. The minimum absolute atomic E-state index is 0.233. The quantitative estimate of drug-likeness (QED) is 0.732. The molecule has 1 amide bonds. The average molecular weight is 377 g/mol. The van der Waals surface area contributed by atoms with Gasteiger partial charge in [-0.05, 0) is 60.8 Å². The van der Waals surface area contributed by atoms with Gasteiger partial charge < -0.3 is 0 Å². The Morgan fingerprint density at radius 3 is 2.43 bits per heavy atom. The summed E-state index contributed by atoms with van der Waals surface area (Å²) in [5, 5.41) is 1.41. The monoisotopic (exact) mass is 376 g/mol. The molecular weight excluding hydrogens is 356 g/mol. The molecule has 4 nitrogen and oxygen atoms in total. The molecule has 2 rings (SSSR count). The number of carbonyl (C=O) groups excluding carboxylic acids is 1. The lowest BCUT2D eigenvalue weighted by molar-refractivity contribution is -0.195. The van der Waals surface area contributed by atoms with Crippen molar-refractivity contribution in [1.82, 2.24) is 10.0 Å². The Bertz CT molecular complexity index is 636. The van der Waals surface area contributed by atoms with Gasteiger partial charge in [0.25, 0.3) is 5.91 Å². The fourth-order valence-corrected chi connectivity index (χ4v) is 2.26. The number of rotatable bonds is 5. The standard InChI is InChI=1S/C18H21BrN2O2/c1-18(2,3)23-21(12-11-14-7-5-4-6-8-14)17(22)16-10-9-15(19)13-20-16/h4-10,13H,11-12H2,1-3H3. The highest BCUT2D eigenvalue weighted by molar-refractivity contribution is 9.10. The van der Waals surface area contributed by atoms with E-state index in [0.29, 0.717) is 12.2 Å². The molecule has 1 heterocycles. The lowest BCUT2D eigenvalue weighted by Gasteiger charge is -2.29. The zero-order valence-electron chi connectivity index (χ0n) is 13.6. The van der Waals surface area contributed by atoms with Crippen LogP contribution in [0.15, 0.2) is 53.1 Å². The van der Waals surface area contributed by atoms with E-state index in [1.165, 1.54) is 5.06 Å². The molecule has 0 saturated heterocycles. The first-order chi connectivity index (χ1) is 10.8. The van der Waals surface area contributed by atoms with E-state index in [1.807, 2.05) is 51.1 Å². The van der Waals surface area contributed by atoms with Gasteiger partial charge in [-0.15, -0.1) is 0 Å². The van der Waals surface area contributed by atoms with E-state index in [4.69, 9.17) is 4.84 Å². The summed E-state index contributed by atoms with van der Waals surface area (Å²) in [5.74, 6) is -0.233. The maximum Gasteiger partial charge on any atom is 0.296 e. The Kier molecular flexibility index (Phi) is 5.91. The van der Waals surface area contributed by atoms with Crippen LogP contribution in [-0.4, -0.2) is 28.1 Å². The Hall–Kier alpha value is -1.72. The average Bonchev–Trinajstić information content (AvgIpc) is 2.51. The summed E-state index contributed by atoms with van der Waals surface area (Å²) in [6, 6.07) is 13.5. The molecule has 0 saturated carbocycles. The fourth-order valence-electron chi connectivity index (χ4n) is 2.02. The van der Waals surface area contributed by atoms with Gasteiger partial charge in [0.1, 0.15) is 5.69 Å². The highest BCUT2D eigenvalue weighted by Gasteiger charge is 2.23. The molecule has 0 aliphatic heterocycles. The third-order valence-corrected chi connectivity index (χ3v) is 3.47. The van der Waals surface area contributed by atoms with Gasteiger partial charge in [0.05, 0.1) is 12.1 Å². The smallest absolute Gasteiger partial charge is 0.265 e. The lowest BCUT2D eigenvalue weighted by Crippen LogP contribution is -2.40. The first-order valence-corrected chi connectivity index (χ1v) is 8.31. The zero-order valence-corrected chi connectivity index (χ0v) is 15.2. The van der Waals surface area contributed by atoms with E-state index in [0.717, 1.165) is 16.5 Å². The Balaban J connectivity index is 2.13. The van der Waals surface area contributed by atoms with Crippen LogP contribution in [0, 0.1) is 0 Å². The zero-order chi connectivity index (χ0) is 16.9. The number of hydrogen-bond acceptors (Lipinski definition) is 3. The molecule has 5 heteroatoms.